The Kier molecular flexibility index (Phi) is 9.52. The van der Waals surface area contributed by atoms with E-state index in [4.69, 9.17) is 21.1 Å². The van der Waals surface area contributed by atoms with Crippen LogP contribution in [0.4, 0.5) is 0 Å². The van der Waals surface area contributed by atoms with Crippen LogP contribution in [0.5, 0.6) is 0 Å². The molecule has 2 N–H and O–H groups in total. The first kappa shape index (κ1) is 24.2. The number of hydrogen-bond acceptors (Lipinski definition) is 5. The van der Waals surface area contributed by atoms with Gasteiger partial charge in [-0.05, 0) is 59.8 Å². The van der Waals surface area contributed by atoms with E-state index in [1.54, 1.807) is 20.8 Å². The second kappa shape index (κ2) is 10.6. The van der Waals surface area contributed by atoms with Crippen molar-refractivity contribution in [2.45, 2.75) is 97.0 Å². The maximum Gasteiger partial charge on any atom is 0.311 e. The molecule has 1 heterocycles. The van der Waals surface area contributed by atoms with Crippen LogP contribution in [0.15, 0.2) is 0 Å². The van der Waals surface area contributed by atoms with E-state index in [1.807, 2.05) is 6.92 Å². The molecule has 1 rings (SSSR count). The minimum Gasteiger partial charge on any atom is -0.465 e. The van der Waals surface area contributed by atoms with E-state index in [0.29, 0.717) is 25.1 Å². The number of aliphatic hydroxyl groups is 1. The zero-order valence-corrected chi connectivity index (χ0v) is 18.1. The number of hydrogen-bond donors (Lipinski definition) is 2. The molecule has 0 unspecified atom stereocenters. The number of nitrogens with one attached hydrogen (secondary N) is 1. The van der Waals surface area contributed by atoms with E-state index in [2.05, 4.69) is 5.32 Å². The number of carbonyl (C=O) groups excluding carboxylic acids is 2. The highest BCUT2D eigenvalue weighted by Gasteiger charge is 2.39. The van der Waals surface area contributed by atoms with Gasteiger partial charge < -0.3 is 19.9 Å². The molecule has 0 aliphatic carbocycles. The van der Waals surface area contributed by atoms with Gasteiger partial charge in [-0.3, -0.25) is 9.59 Å². The highest BCUT2D eigenvalue weighted by molar-refractivity contribution is 6.17. The second-order valence-corrected chi connectivity index (χ2v) is 9.30. The molecule has 27 heavy (non-hydrogen) atoms. The van der Waals surface area contributed by atoms with Crippen molar-refractivity contribution in [3.8, 4) is 0 Å². The summed E-state index contributed by atoms with van der Waals surface area (Å²) in [4.78, 5) is 23.4. The lowest BCUT2D eigenvalue weighted by atomic mass is 9.82. The van der Waals surface area contributed by atoms with Gasteiger partial charge in [0.1, 0.15) is 0 Å². The molecule has 1 saturated heterocycles. The van der Waals surface area contributed by atoms with Crippen LogP contribution in [-0.2, 0) is 19.1 Å². The van der Waals surface area contributed by atoms with Crippen molar-refractivity contribution in [1.29, 1.82) is 0 Å². The maximum atomic E-state index is 11.8. The molecule has 0 spiro atoms. The van der Waals surface area contributed by atoms with Gasteiger partial charge in [-0.2, -0.15) is 0 Å². The van der Waals surface area contributed by atoms with Gasteiger partial charge in [0, 0.05) is 24.8 Å². The first-order valence-corrected chi connectivity index (χ1v) is 10.3. The summed E-state index contributed by atoms with van der Waals surface area (Å²) in [6, 6.07) is 0. The summed E-state index contributed by atoms with van der Waals surface area (Å²) in [6.45, 7) is 9.11. The largest absolute Gasteiger partial charge is 0.465 e. The lowest BCUT2D eigenvalue weighted by Crippen LogP contribution is -2.54. The molecule has 0 aromatic heterocycles. The average molecular weight is 406 g/mol. The lowest BCUT2D eigenvalue weighted by molar-refractivity contribution is -0.153. The van der Waals surface area contributed by atoms with Crippen molar-refractivity contribution in [3.05, 3.63) is 0 Å². The molecule has 158 valence electrons. The molecule has 1 aliphatic rings. The molecule has 0 aromatic carbocycles. The van der Waals surface area contributed by atoms with Gasteiger partial charge in [0.2, 0.25) is 5.91 Å². The number of ether oxygens (including phenoxy) is 2. The molecule has 0 saturated carbocycles. The van der Waals surface area contributed by atoms with Crippen molar-refractivity contribution in [3.63, 3.8) is 0 Å². The number of esters is 1. The molecule has 1 aliphatic heterocycles. The summed E-state index contributed by atoms with van der Waals surface area (Å²) < 4.78 is 11.4. The SMILES string of the molecule is CC(=O)N[C@]1(C)C[C@@H](C[C@@H](O)CCOC(=O)C(C)(C)C)O[C@@H](CCCCl)C1. The van der Waals surface area contributed by atoms with Gasteiger partial charge >= 0.3 is 5.97 Å². The monoisotopic (exact) mass is 405 g/mol. The van der Waals surface area contributed by atoms with Crippen LogP contribution < -0.4 is 5.32 Å². The molecular formula is C20H36ClNO5. The molecule has 7 heteroatoms. The van der Waals surface area contributed by atoms with Gasteiger partial charge in [0.25, 0.3) is 0 Å². The highest BCUT2D eigenvalue weighted by Crippen LogP contribution is 2.33. The topological polar surface area (TPSA) is 84.9 Å². The van der Waals surface area contributed by atoms with E-state index in [-0.39, 0.29) is 36.2 Å². The predicted octanol–water partition coefficient (Wildman–Crippen LogP) is 3.18. The van der Waals surface area contributed by atoms with Crippen molar-refractivity contribution >= 4 is 23.5 Å². The van der Waals surface area contributed by atoms with Crippen LogP contribution in [0.2, 0.25) is 0 Å². The quantitative estimate of drug-likeness (QED) is 0.454. The van der Waals surface area contributed by atoms with Gasteiger partial charge in [0.15, 0.2) is 0 Å². The summed E-state index contributed by atoms with van der Waals surface area (Å²) >= 11 is 5.80. The lowest BCUT2D eigenvalue weighted by Gasteiger charge is -2.43. The molecular weight excluding hydrogens is 370 g/mol. The van der Waals surface area contributed by atoms with Crippen molar-refractivity contribution in [1.82, 2.24) is 5.32 Å². The molecule has 4 atom stereocenters. The Balaban J connectivity index is 2.56. The highest BCUT2D eigenvalue weighted by atomic mass is 35.5. The Hall–Kier alpha value is -0.850. The van der Waals surface area contributed by atoms with Crippen LogP contribution in [0, 0.1) is 5.41 Å². The van der Waals surface area contributed by atoms with Crippen LogP contribution in [0.1, 0.15) is 73.1 Å². The fourth-order valence-electron chi connectivity index (χ4n) is 3.52. The zero-order chi connectivity index (χ0) is 20.7. The molecule has 0 aromatic rings. The first-order chi connectivity index (χ1) is 12.4. The van der Waals surface area contributed by atoms with Crippen LogP contribution in [0.25, 0.3) is 0 Å². The van der Waals surface area contributed by atoms with Gasteiger partial charge in [-0.1, -0.05) is 0 Å². The first-order valence-electron chi connectivity index (χ1n) is 9.80. The smallest absolute Gasteiger partial charge is 0.311 e. The Bertz CT molecular complexity index is 493. The summed E-state index contributed by atoms with van der Waals surface area (Å²) in [5.74, 6) is 0.232. The number of rotatable bonds is 9. The van der Waals surface area contributed by atoms with Crippen molar-refractivity contribution in [2.24, 2.45) is 5.41 Å². The average Bonchev–Trinajstić information content (AvgIpc) is 2.50. The number of carbonyl (C=O) groups is 2. The summed E-state index contributed by atoms with van der Waals surface area (Å²) in [5.41, 5.74) is -0.905. The van der Waals surface area contributed by atoms with Crippen molar-refractivity contribution in [2.75, 3.05) is 12.5 Å². The minimum atomic E-state index is -0.629. The second-order valence-electron chi connectivity index (χ2n) is 8.93. The van der Waals surface area contributed by atoms with Crippen LogP contribution >= 0.6 is 11.6 Å². The normalized spacial score (nSPS) is 27.1. The van der Waals surface area contributed by atoms with E-state index >= 15 is 0 Å². The van der Waals surface area contributed by atoms with Gasteiger partial charge in [0.05, 0.1) is 30.3 Å². The number of halogens is 1. The number of amides is 1. The number of aliphatic hydroxyl groups excluding tert-OH is 1. The predicted molar refractivity (Wildman–Crippen MR) is 106 cm³/mol. The molecule has 0 radical (unpaired) electrons. The number of alkyl halides is 1. The summed E-state index contributed by atoms with van der Waals surface area (Å²) in [5, 5.41) is 13.4. The third-order valence-electron chi connectivity index (χ3n) is 4.71. The van der Waals surface area contributed by atoms with Crippen LogP contribution in [0.3, 0.4) is 0 Å². The third-order valence-corrected chi connectivity index (χ3v) is 4.98. The van der Waals surface area contributed by atoms with E-state index in [0.717, 1.165) is 19.3 Å². The summed E-state index contributed by atoms with van der Waals surface area (Å²) in [6.07, 6.45) is 3.08. The minimum absolute atomic E-state index is 0.00488. The zero-order valence-electron chi connectivity index (χ0n) is 17.3. The van der Waals surface area contributed by atoms with E-state index in [9.17, 15) is 14.7 Å². The Labute approximate surface area is 168 Å². The van der Waals surface area contributed by atoms with E-state index in [1.165, 1.54) is 6.92 Å². The Morgan fingerprint density at radius 1 is 1.33 bits per heavy atom. The maximum absolute atomic E-state index is 11.8. The van der Waals surface area contributed by atoms with Crippen molar-refractivity contribution < 1.29 is 24.2 Å². The van der Waals surface area contributed by atoms with Crippen LogP contribution in [-0.4, -0.2) is 53.3 Å². The molecule has 6 nitrogen and oxygen atoms in total. The molecule has 1 amide bonds. The van der Waals surface area contributed by atoms with Gasteiger partial charge in [-0.25, -0.2) is 0 Å². The standard InChI is InChI=1S/C20H36ClNO5/c1-14(23)22-20(5)12-16(7-6-9-21)27-17(13-20)11-15(24)8-10-26-18(25)19(2,3)4/h15-17,24H,6-13H2,1-5H3,(H,22,23)/t15-,16-,17+,20-/m0/s1. The molecule has 0 bridgehead atoms. The fraction of sp³-hybridized carbons (Fsp3) is 0.900. The summed E-state index contributed by atoms with van der Waals surface area (Å²) in [7, 11) is 0. The van der Waals surface area contributed by atoms with Gasteiger partial charge in [-0.15, -0.1) is 11.6 Å². The van der Waals surface area contributed by atoms with E-state index < -0.39 is 11.5 Å². The Morgan fingerprint density at radius 2 is 1.96 bits per heavy atom. The Morgan fingerprint density at radius 3 is 2.52 bits per heavy atom. The fourth-order valence-corrected chi connectivity index (χ4v) is 3.68. The molecule has 1 fully saturated rings. The third kappa shape index (κ3) is 9.26.